The van der Waals surface area contributed by atoms with Crippen molar-refractivity contribution in [1.29, 1.82) is 0 Å². The molecule has 7 nitrogen and oxygen atoms in total. The van der Waals surface area contributed by atoms with Gasteiger partial charge in [-0.25, -0.2) is 9.69 Å². The van der Waals surface area contributed by atoms with Gasteiger partial charge in [-0.3, -0.25) is 4.79 Å². The van der Waals surface area contributed by atoms with Crippen LogP contribution >= 0.6 is 0 Å². The molecule has 1 aromatic heterocycles. The molecule has 0 bridgehead atoms. The molecule has 0 unspecified atom stereocenters. The molecule has 0 spiro atoms. The van der Waals surface area contributed by atoms with Crippen molar-refractivity contribution in [3.05, 3.63) is 144 Å². The van der Waals surface area contributed by atoms with Gasteiger partial charge in [0.15, 0.2) is 5.76 Å². The monoisotopic (exact) mass is 578 g/mol. The van der Waals surface area contributed by atoms with Gasteiger partial charge in [0.05, 0.1) is 29.7 Å². The third-order valence-corrected chi connectivity index (χ3v) is 7.44. The maximum atomic E-state index is 13.5. The predicted molar refractivity (Wildman–Crippen MR) is 171 cm³/mol. The number of carbonyl (C=O) groups is 2. The van der Waals surface area contributed by atoms with Crippen molar-refractivity contribution in [2.45, 2.75) is 0 Å². The number of H-pyrrole nitrogens is 1. The van der Waals surface area contributed by atoms with Crippen LogP contribution in [0.2, 0.25) is 0 Å². The Balaban J connectivity index is 1.22. The Morgan fingerprint density at radius 3 is 2.07 bits per heavy atom. The van der Waals surface area contributed by atoms with Crippen LogP contribution in [0.15, 0.2) is 133 Å². The minimum atomic E-state index is -0.595. The number of benzene rings is 5. The number of fused-ring (bicyclic) bond motifs is 2. The van der Waals surface area contributed by atoms with Gasteiger partial charge >= 0.3 is 6.09 Å². The van der Waals surface area contributed by atoms with E-state index in [9.17, 15) is 9.59 Å². The Bertz CT molecular complexity index is 1990. The first-order chi connectivity index (χ1) is 21.6. The Morgan fingerprint density at radius 1 is 0.773 bits per heavy atom. The second-order valence-corrected chi connectivity index (χ2v) is 10.2. The van der Waals surface area contributed by atoms with Crippen LogP contribution in [-0.2, 0) is 0 Å². The number of hydrogen-bond donors (Lipinski definition) is 1. The highest BCUT2D eigenvalue weighted by Crippen LogP contribution is 2.39. The maximum absolute atomic E-state index is 13.5. The Kier molecular flexibility index (Phi) is 6.88. The van der Waals surface area contributed by atoms with Crippen molar-refractivity contribution in [3.8, 4) is 28.5 Å². The van der Waals surface area contributed by atoms with Crippen molar-refractivity contribution >= 4 is 40.2 Å². The zero-order valence-corrected chi connectivity index (χ0v) is 23.7. The summed E-state index contributed by atoms with van der Waals surface area (Å²) >= 11 is 0. The van der Waals surface area contributed by atoms with Crippen molar-refractivity contribution < 1.29 is 23.8 Å². The molecule has 0 fully saturated rings. The van der Waals surface area contributed by atoms with Gasteiger partial charge in [-0.05, 0) is 66.2 Å². The van der Waals surface area contributed by atoms with E-state index in [1.165, 1.54) is 4.90 Å². The SMILES string of the molecule is COc1ccc2[nH]c(-c3ccccc3)c(/C=C3\Oc4cc(OC(=O)N(c5ccccc5)c5ccccc5)ccc4C3=O)c2c1. The number of Topliss-reactive ketones (excluding diaryl/α,β-unsaturated/α-hetero) is 1. The number of ether oxygens (including phenoxy) is 3. The fourth-order valence-corrected chi connectivity index (χ4v) is 5.32. The third kappa shape index (κ3) is 4.97. The highest BCUT2D eigenvalue weighted by Gasteiger charge is 2.30. The van der Waals surface area contributed by atoms with E-state index in [-0.39, 0.29) is 17.3 Å². The number of methoxy groups -OCH3 is 1. The second kappa shape index (κ2) is 11.3. The van der Waals surface area contributed by atoms with Gasteiger partial charge in [0, 0.05) is 22.5 Å². The summed E-state index contributed by atoms with van der Waals surface area (Å²) in [5, 5.41) is 0.889. The zero-order chi connectivity index (χ0) is 30.0. The molecule has 7 heteroatoms. The van der Waals surface area contributed by atoms with E-state index in [2.05, 4.69) is 4.98 Å². The molecule has 2 heterocycles. The molecule has 1 aliphatic rings. The highest BCUT2D eigenvalue weighted by atomic mass is 16.6. The summed E-state index contributed by atoms with van der Waals surface area (Å²) in [6.45, 7) is 0. The largest absolute Gasteiger partial charge is 0.497 e. The van der Waals surface area contributed by atoms with Crippen LogP contribution in [0.4, 0.5) is 16.2 Å². The number of nitrogens with one attached hydrogen (secondary N) is 1. The molecule has 1 amide bonds. The maximum Gasteiger partial charge on any atom is 0.424 e. The van der Waals surface area contributed by atoms with Crippen molar-refractivity contribution in [2.24, 2.45) is 0 Å². The molecule has 0 saturated heterocycles. The number of para-hydroxylation sites is 2. The highest BCUT2D eigenvalue weighted by molar-refractivity contribution is 6.16. The molecule has 5 aromatic carbocycles. The van der Waals surface area contributed by atoms with Gasteiger partial charge in [0.25, 0.3) is 0 Å². The lowest BCUT2D eigenvalue weighted by atomic mass is 10.0. The van der Waals surface area contributed by atoms with Crippen LogP contribution in [0.3, 0.4) is 0 Å². The predicted octanol–water partition coefficient (Wildman–Crippen LogP) is 8.80. The summed E-state index contributed by atoms with van der Waals surface area (Å²) in [4.78, 5) is 31.9. The van der Waals surface area contributed by atoms with Crippen molar-refractivity contribution in [1.82, 2.24) is 4.98 Å². The lowest BCUT2D eigenvalue weighted by molar-refractivity contribution is 0.101. The molecule has 0 atom stereocenters. The number of hydrogen-bond acceptors (Lipinski definition) is 5. The minimum absolute atomic E-state index is 0.166. The third-order valence-electron chi connectivity index (χ3n) is 7.44. The second-order valence-electron chi connectivity index (χ2n) is 10.2. The van der Waals surface area contributed by atoms with E-state index in [0.717, 1.165) is 27.7 Å². The average molecular weight is 579 g/mol. The van der Waals surface area contributed by atoms with Crippen LogP contribution in [-0.4, -0.2) is 24.0 Å². The van der Waals surface area contributed by atoms with Gasteiger partial charge in [-0.15, -0.1) is 0 Å². The quantitative estimate of drug-likeness (QED) is 0.200. The van der Waals surface area contributed by atoms with Gasteiger partial charge < -0.3 is 19.2 Å². The Morgan fingerprint density at radius 2 is 1.41 bits per heavy atom. The van der Waals surface area contributed by atoms with E-state index in [1.807, 2.05) is 109 Å². The molecule has 0 saturated carbocycles. The van der Waals surface area contributed by atoms with Gasteiger partial charge in [0.1, 0.15) is 17.2 Å². The van der Waals surface area contributed by atoms with E-state index in [4.69, 9.17) is 14.2 Å². The normalized spacial score (nSPS) is 13.0. The summed E-state index contributed by atoms with van der Waals surface area (Å²) in [5.41, 5.74) is 5.22. The van der Waals surface area contributed by atoms with Crippen molar-refractivity contribution in [2.75, 3.05) is 12.0 Å². The lowest BCUT2D eigenvalue weighted by Crippen LogP contribution is -2.29. The van der Waals surface area contributed by atoms with E-state index in [0.29, 0.717) is 28.4 Å². The van der Waals surface area contributed by atoms with Crippen LogP contribution in [0.1, 0.15) is 15.9 Å². The molecule has 7 rings (SSSR count). The number of ketones is 1. The summed E-state index contributed by atoms with van der Waals surface area (Å²) in [6.07, 6.45) is 1.16. The smallest absolute Gasteiger partial charge is 0.424 e. The van der Waals surface area contributed by atoms with E-state index >= 15 is 0 Å². The van der Waals surface area contributed by atoms with E-state index < -0.39 is 6.09 Å². The molecule has 6 aromatic rings. The first kappa shape index (κ1) is 26.8. The number of allylic oxidation sites excluding steroid dienone is 1. The number of nitrogens with zero attached hydrogens (tertiary/aromatic N) is 1. The van der Waals surface area contributed by atoms with Crippen LogP contribution in [0.5, 0.6) is 17.2 Å². The Hall–Kier alpha value is -6.08. The standard InChI is InChI=1S/C37H26N2O5/c1-42-27-18-20-32-30(21-27)31(35(38-32)24-11-5-2-6-12-24)23-34-36(40)29-19-17-28(22-33(29)44-34)43-37(41)39(25-13-7-3-8-14-25)26-15-9-4-10-16-26/h2-23,38H,1H3/b34-23-. The van der Waals surface area contributed by atoms with Crippen LogP contribution < -0.4 is 19.1 Å². The molecular weight excluding hydrogens is 552 g/mol. The average Bonchev–Trinajstić information content (AvgIpc) is 3.58. The minimum Gasteiger partial charge on any atom is -0.497 e. The number of anilines is 2. The summed E-state index contributed by atoms with van der Waals surface area (Å²) in [5.74, 6) is 1.17. The molecule has 1 N–H and O–H groups in total. The van der Waals surface area contributed by atoms with Crippen LogP contribution in [0, 0.1) is 0 Å². The van der Waals surface area contributed by atoms with Gasteiger partial charge in [0.2, 0.25) is 5.78 Å². The fourth-order valence-electron chi connectivity index (χ4n) is 5.32. The van der Waals surface area contributed by atoms with Crippen molar-refractivity contribution in [3.63, 3.8) is 0 Å². The Labute approximate surface area is 253 Å². The molecule has 44 heavy (non-hydrogen) atoms. The number of aromatic amines is 1. The molecule has 0 aliphatic carbocycles. The lowest BCUT2D eigenvalue weighted by Gasteiger charge is -2.22. The molecule has 214 valence electrons. The number of amides is 1. The number of aromatic nitrogens is 1. The summed E-state index contributed by atoms with van der Waals surface area (Å²) < 4.78 is 17.4. The topological polar surface area (TPSA) is 80.9 Å². The first-order valence-corrected chi connectivity index (χ1v) is 14.0. The van der Waals surface area contributed by atoms with Crippen LogP contribution in [0.25, 0.3) is 28.2 Å². The number of carbonyl (C=O) groups excluding carboxylic acids is 2. The summed E-state index contributed by atoms with van der Waals surface area (Å²) in [7, 11) is 1.62. The fraction of sp³-hybridized carbons (Fsp3) is 0.0270. The number of rotatable bonds is 6. The van der Waals surface area contributed by atoms with E-state index in [1.54, 1.807) is 31.4 Å². The molecular formula is C37H26N2O5. The van der Waals surface area contributed by atoms with Gasteiger partial charge in [-0.1, -0.05) is 66.7 Å². The summed E-state index contributed by atoms with van der Waals surface area (Å²) in [6, 6.07) is 39.0. The molecule has 0 radical (unpaired) electrons. The first-order valence-electron chi connectivity index (χ1n) is 14.0. The molecule has 1 aliphatic heterocycles. The zero-order valence-electron chi connectivity index (χ0n) is 23.7. The van der Waals surface area contributed by atoms with Gasteiger partial charge in [-0.2, -0.15) is 0 Å².